The minimum Gasteiger partial charge on any atom is -0.480 e. The van der Waals surface area contributed by atoms with Crippen molar-refractivity contribution >= 4 is 33.3 Å². The Morgan fingerprint density at radius 2 is 1.81 bits per heavy atom. The van der Waals surface area contributed by atoms with Gasteiger partial charge in [-0.2, -0.15) is 0 Å². The zero-order chi connectivity index (χ0) is 25.9. The van der Waals surface area contributed by atoms with Crippen LogP contribution in [0.2, 0.25) is 5.02 Å². The van der Waals surface area contributed by atoms with Crippen molar-refractivity contribution in [3.05, 3.63) is 88.7 Å². The highest BCUT2D eigenvalue weighted by atomic mass is 35.5. The van der Waals surface area contributed by atoms with E-state index in [4.69, 9.17) is 22.1 Å². The molecule has 0 saturated heterocycles. The molecule has 0 aliphatic rings. The largest absolute Gasteiger partial charge is 0.480 e. The summed E-state index contributed by atoms with van der Waals surface area (Å²) in [4.78, 5) is 11.4. The molecule has 2 heterocycles. The van der Waals surface area contributed by atoms with Gasteiger partial charge in [-0.1, -0.05) is 53.8 Å². The first kappa shape index (κ1) is 24.8. The second-order valence-corrected chi connectivity index (χ2v) is 9.24. The summed E-state index contributed by atoms with van der Waals surface area (Å²) in [7, 11) is -3.20. The Bertz CT molecular complexity index is 1620. The van der Waals surface area contributed by atoms with Gasteiger partial charge in [-0.25, -0.2) is 32.2 Å². The van der Waals surface area contributed by atoms with E-state index in [1.807, 2.05) is 6.07 Å². The van der Waals surface area contributed by atoms with Gasteiger partial charge in [0.2, 0.25) is 11.8 Å². The smallest absolute Gasteiger partial charge is 0.267 e. The third kappa shape index (κ3) is 5.19. The number of nitrogens with two attached hydrogens (primary N) is 1. The number of methoxy groups -OCH3 is 1. The van der Waals surface area contributed by atoms with Crippen molar-refractivity contribution in [1.82, 2.24) is 15.0 Å². The topological polar surface area (TPSA) is 120 Å². The molecule has 0 fully saturated rings. The SMILES string of the molecule is COc1ncc(Cl)cc1S(=O)(=O)Nc1ccc(F)c(C#Cc2cnc(N)nc2-c2ccccc2)c1F. The van der Waals surface area contributed by atoms with E-state index >= 15 is 4.39 Å². The summed E-state index contributed by atoms with van der Waals surface area (Å²) in [5.74, 6) is 2.58. The van der Waals surface area contributed by atoms with E-state index in [9.17, 15) is 12.8 Å². The maximum atomic E-state index is 15.2. The van der Waals surface area contributed by atoms with E-state index in [1.54, 1.807) is 24.3 Å². The molecule has 8 nitrogen and oxygen atoms in total. The quantitative estimate of drug-likeness (QED) is 0.372. The van der Waals surface area contributed by atoms with E-state index in [-0.39, 0.29) is 22.4 Å². The average molecular weight is 528 g/mol. The normalized spacial score (nSPS) is 10.9. The highest BCUT2D eigenvalue weighted by Gasteiger charge is 2.24. The van der Waals surface area contributed by atoms with Gasteiger partial charge in [0.05, 0.1) is 34.6 Å². The van der Waals surface area contributed by atoms with Gasteiger partial charge in [-0.15, -0.1) is 0 Å². The molecular formula is C24H16ClF2N5O3S. The van der Waals surface area contributed by atoms with Gasteiger partial charge in [0.1, 0.15) is 5.82 Å². The van der Waals surface area contributed by atoms with Crippen molar-refractivity contribution < 1.29 is 21.9 Å². The summed E-state index contributed by atoms with van der Waals surface area (Å²) in [6.07, 6.45) is 2.52. The minimum absolute atomic E-state index is 0.000832. The van der Waals surface area contributed by atoms with Crippen molar-refractivity contribution in [2.45, 2.75) is 4.90 Å². The molecule has 0 radical (unpaired) electrons. The lowest BCUT2D eigenvalue weighted by Crippen LogP contribution is -2.16. The third-order valence-corrected chi connectivity index (χ3v) is 6.35. The maximum Gasteiger partial charge on any atom is 0.267 e. The van der Waals surface area contributed by atoms with Gasteiger partial charge >= 0.3 is 0 Å². The first-order chi connectivity index (χ1) is 17.2. The number of aromatic nitrogens is 3. The molecule has 182 valence electrons. The molecular weight excluding hydrogens is 512 g/mol. The Balaban J connectivity index is 1.75. The summed E-state index contributed by atoms with van der Waals surface area (Å²) in [6, 6.07) is 11.8. The number of sulfonamides is 1. The van der Waals surface area contributed by atoms with Gasteiger partial charge in [0.25, 0.3) is 10.0 Å². The summed E-state index contributed by atoms with van der Waals surface area (Å²) < 4.78 is 62.5. The number of halogens is 3. The van der Waals surface area contributed by atoms with Crippen molar-refractivity contribution in [3.63, 3.8) is 0 Å². The highest BCUT2D eigenvalue weighted by Crippen LogP contribution is 2.29. The van der Waals surface area contributed by atoms with Crippen LogP contribution in [0.1, 0.15) is 11.1 Å². The van der Waals surface area contributed by atoms with E-state index in [2.05, 4.69) is 31.5 Å². The van der Waals surface area contributed by atoms with Crippen LogP contribution in [0.25, 0.3) is 11.3 Å². The van der Waals surface area contributed by atoms with Gasteiger partial charge in [0.15, 0.2) is 10.7 Å². The first-order valence-electron chi connectivity index (χ1n) is 10.1. The van der Waals surface area contributed by atoms with Gasteiger partial charge in [0, 0.05) is 18.0 Å². The van der Waals surface area contributed by atoms with Crippen LogP contribution in [-0.2, 0) is 10.0 Å². The summed E-state index contributed by atoms with van der Waals surface area (Å²) >= 11 is 5.86. The van der Waals surface area contributed by atoms with E-state index < -0.39 is 37.8 Å². The van der Waals surface area contributed by atoms with E-state index in [0.717, 1.165) is 18.2 Å². The standard InChI is InChI=1S/C24H16ClF2N5O3S/c1-35-23-20(11-16(25)13-29-23)36(33,34)32-19-10-9-18(26)17(21(19)27)8-7-15-12-30-24(28)31-22(15)14-5-3-2-4-6-14/h2-6,9-13,32H,1H3,(H2,28,30,31). The number of anilines is 2. The minimum atomic E-state index is -4.41. The fraction of sp³-hybridized carbons (Fsp3) is 0.0417. The number of hydrogen-bond acceptors (Lipinski definition) is 7. The molecule has 0 bridgehead atoms. The predicted octanol–water partition coefficient (Wildman–Crippen LogP) is 4.26. The van der Waals surface area contributed by atoms with Crippen LogP contribution in [0.3, 0.4) is 0 Å². The second kappa shape index (κ2) is 10.2. The fourth-order valence-electron chi connectivity index (χ4n) is 3.13. The van der Waals surface area contributed by atoms with Crippen LogP contribution in [0.5, 0.6) is 5.88 Å². The number of nitrogen functional groups attached to an aromatic ring is 1. The summed E-state index contributed by atoms with van der Waals surface area (Å²) in [5, 5.41) is 0.0160. The lowest BCUT2D eigenvalue weighted by molar-refractivity contribution is 0.385. The van der Waals surface area contributed by atoms with Crippen LogP contribution >= 0.6 is 11.6 Å². The van der Waals surface area contributed by atoms with Gasteiger partial charge in [-0.05, 0) is 18.2 Å². The molecule has 0 saturated carbocycles. The summed E-state index contributed by atoms with van der Waals surface area (Å²) in [5.41, 5.74) is 5.79. The van der Waals surface area contributed by atoms with Crippen molar-refractivity contribution in [3.8, 4) is 29.0 Å². The molecule has 3 N–H and O–H groups in total. The molecule has 0 amide bonds. The van der Waals surface area contributed by atoms with Crippen molar-refractivity contribution in [2.24, 2.45) is 0 Å². The van der Waals surface area contributed by atoms with Crippen LogP contribution in [0, 0.1) is 23.5 Å². The Kier molecular flexibility index (Phi) is 7.00. The van der Waals surface area contributed by atoms with Crippen LogP contribution in [-0.4, -0.2) is 30.5 Å². The van der Waals surface area contributed by atoms with Gasteiger partial charge in [-0.3, -0.25) is 4.72 Å². The molecule has 4 rings (SSSR count). The number of nitrogens with zero attached hydrogens (tertiary/aromatic N) is 3. The zero-order valence-corrected chi connectivity index (χ0v) is 20.0. The third-order valence-electron chi connectivity index (χ3n) is 4.78. The molecule has 0 aliphatic carbocycles. The van der Waals surface area contributed by atoms with Crippen molar-refractivity contribution in [2.75, 3.05) is 17.6 Å². The Labute approximate surface area is 210 Å². The molecule has 0 atom stereocenters. The zero-order valence-electron chi connectivity index (χ0n) is 18.5. The molecule has 12 heteroatoms. The van der Waals surface area contributed by atoms with Crippen molar-refractivity contribution in [1.29, 1.82) is 0 Å². The van der Waals surface area contributed by atoms with Gasteiger partial charge < -0.3 is 10.5 Å². The van der Waals surface area contributed by atoms with Crippen LogP contribution in [0.15, 0.2) is 65.8 Å². The Morgan fingerprint density at radius 3 is 2.53 bits per heavy atom. The number of hydrogen-bond donors (Lipinski definition) is 2. The number of pyridine rings is 1. The maximum absolute atomic E-state index is 15.2. The molecule has 36 heavy (non-hydrogen) atoms. The Hall–Kier alpha value is -4.27. The number of nitrogens with one attached hydrogen (secondary N) is 1. The van der Waals surface area contributed by atoms with E-state index in [1.165, 1.54) is 19.5 Å². The Morgan fingerprint density at radius 1 is 1.06 bits per heavy atom. The second-order valence-electron chi connectivity index (χ2n) is 7.16. The fourth-order valence-corrected chi connectivity index (χ4v) is 4.56. The molecule has 2 aromatic heterocycles. The number of benzene rings is 2. The highest BCUT2D eigenvalue weighted by molar-refractivity contribution is 7.92. The molecule has 0 spiro atoms. The summed E-state index contributed by atoms with van der Waals surface area (Å²) in [6.45, 7) is 0. The van der Waals surface area contributed by atoms with Crippen LogP contribution < -0.4 is 15.2 Å². The average Bonchev–Trinajstić information content (AvgIpc) is 2.87. The molecule has 2 aromatic carbocycles. The van der Waals surface area contributed by atoms with E-state index in [0.29, 0.717) is 11.3 Å². The predicted molar refractivity (Wildman–Crippen MR) is 131 cm³/mol. The number of rotatable bonds is 5. The first-order valence-corrected chi connectivity index (χ1v) is 12.0. The molecule has 0 aliphatic heterocycles. The molecule has 4 aromatic rings. The monoisotopic (exact) mass is 527 g/mol. The van der Waals surface area contributed by atoms with Crippen LogP contribution in [0.4, 0.5) is 20.4 Å². The number of ether oxygens (including phenoxy) is 1. The lowest BCUT2D eigenvalue weighted by Gasteiger charge is -2.12. The lowest BCUT2D eigenvalue weighted by atomic mass is 10.1. The molecule has 0 unspecified atom stereocenters.